The van der Waals surface area contributed by atoms with E-state index in [2.05, 4.69) is 10.2 Å². The van der Waals surface area contributed by atoms with Crippen molar-refractivity contribution in [3.05, 3.63) is 72.3 Å². The molecule has 3 amide bonds. The van der Waals surface area contributed by atoms with E-state index < -0.39 is 0 Å². The third-order valence-electron chi connectivity index (χ3n) is 6.67. The van der Waals surface area contributed by atoms with Crippen LogP contribution in [0.1, 0.15) is 23.7 Å². The number of rotatable bonds is 3. The number of carbonyl (C=O) groups is 3. The molecule has 0 aliphatic carbocycles. The summed E-state index contributed by atoms with van der Waals surface area (Å²) in [5.74, 6) is -0.0940. The van der Waals surface area contributed by atoms with Crippen LogP contribution >= 0.6 is 0 Å². The fourth-order valence-electron chi connectivity index (χ4n) is 4.93. The van der Waals surface area contributed by atoms with E-state index in [9.17, 15) is 14.4 Å². The number of nitrogens with one attached hydrogen (secondary N) is 1. The van der Waals surface area contributed by atoms with Crippen molar-refractivity contribution in [1.82, 2.24) is 9.80 Å². The molecule has 1 atom stereocenters. The highest BCUT2D eigenvalue weighted by Crippen LogP contribution is 2.31. The normalized spacial score (nSPS) is 18.9. The van der Waals surface area contributed by atoms with Crippen molar-refractivity contribution >= 4 is 39.9 Å². The molecule has 5 rings (SSSR count). The molecule has 7 nitrogen and oxygen atoms in total. The lowest BCUT2D eigenvalue weighted by Gasteiger charge is -2.36. The quantitative estimate of drug-likeness (QED) is 0.656. The molecule has 0 bridgehead atoms. The Morgan fingerprint density at radius 2 is 1.62 bits per heavy atom. The highest BCUT2D eigenvalue weighted by atomic mass is 16.2. The summed E-state index contributed by atoms with van der Waals surface area (Å²) < 4.78 is 0. The average Bonchev–Trinajstić information content (AvgIpc) is 2.97. The number of anilines is 2. The Bertz CT molecular complexity index is 1240. The lowest BCUT2D eigenvalue weighted by atomic mass is 10.0. The summed E-state index contributed by atoms with van der Waals surface area (Å²) in [6.45, 7) is 4.55. The Balaban J connectivity index is 1.25. The van der Waals surface area contributed by atoms with Gasteiger partial charge >= 0.3 is 0 Å². The van der Waals surface area contributed by atoms with E-state index in [1.54, 1.807) is 4.90 Å². The fourth-order valence-corrected chi connectivity index (χ4v) is 4.93. The maximum Gasteiger partial charge on any atom is 0.254 e. The predicted molar refractivity (Wildman–Crippen MR) is 133 cm³/mol. The SMILES string of the molecule is C[C@@H]1CC(=O)Nc2ccccc2N1C(=O)CN1CCN(C(=O)c2cccc3ccccc23)CC1. The fraction of sp³-hybridized carbons (Fsp3) is 0.296. The number of nitrogens with zero attached hydrogens (tertiary/aromatic N) is 3. The van der Waals surface area contributed by atoms with E-state index in [1.165, 1.54) is 0 Å². The van der Waals surface area contributed by atoms with E-state index in [0.29, 0.717) is 31.9 Å². The second-order valence-electron chi connectivity index (χ2n) is 8.98. The van der Waals surface area contributed by atoms with Gasteiger partial charge in [-0.15, -0.1) is 0 Å². The second kappa shape index (κ2) is 9.27. The Hall–Kier alpha value is -3.71. The molecule has 3 aromatic carbocycles. The molecule has 0 unspecified atom stereocenters. The van der Waals surface area contributed by atoms with Crippen LogP contribution in [0.25, 0.3) is 10.8 Å². The van der Waals surface area contributed by atoms with Gasteiger partial charge in [0, 0.05) is 44.2 Å². The van der Waals surface area contributed by atoms with E-state index in [-0.39, 0.29) is 36.7 Å². The lowest BCUT2D eigenvalue weighted by molar-refractivity contribution is -0.120. The van der Waals surface area contributed by atoms with Crippen molar-refractivity contribution in [3.63, 3.8) is 0 Å². The van der Waals surface area contributed by atoms with Gasteiger partial charge in [0.25, 0.3) is 5.91 Å². The first-order valence-corrected chi connectivity index (χ1v) is 11.7. The zero-order chi connectivity index (χ0) is 23.7. The molecule has 2 aliphatic heterocycles. The molecule has 174 valence electrons. The van der Waals surface area contributed by atoms with Crippen molar-refractivity contribution in [2.45, 2.75) is 19.4 Å². The Morgan fingerprint density at radius 1 is 0.912 bits per heavy atom. The summed E-state index contributed by atoms with van der Waals surface area (Å²) in [5, 5.41) is 4.91. The van der Waals surface area contributed by atoms with E-state index in [0.717, 1.165) is 22.0 Å². The minimum atomic E-state index is -0.231. The minimum absolute atomic E-state index is 0.0300. The molecule has 34 heavy (non-hydrogen) atoms. The molecule has 0 aromatic heterocycles. The number of amides is 3. The first-order chi connectivity index (χ1) is 16.5. The van der Waals surface area contributed by atoms with Crippen LogP contribution in [-0.4, -0.2) is 66.3 Å². The van der Waals surface area contributed by atoms with Gasteiger partial charge in [0.15, 0.2) is 0 Å². The second-order valence-corrected chi connectivity index (χ2v) is 8.98. The zero-order valence-electron chi connectivity index (χ0n) is 19.2. The molecular formula is C27H28N4O3. The number of piperazine rings is 1. The van der Waals surface area contributed by atoms with Crippen LogP contribution in [0.3, 0.4) is 0 Å². The van der Waals surface area contributed by atoms with Crippen LogP contribution in [0.2, 0.25) is 0 Å². The molecule has 7 heteroatoms. The van der Waals surface area contributed by atoms with Crippen molar-refractivity contribution in [2.75, 3.05) is 42.9 Å². The van der Waals surface area contributed by atoms with Crippen molar-refractivity contribution in [3.8, 4) is 0 Å². The largest absolute Gasteiger partial charge is 0.336 e. The zero-order valence-corrected chi connectivity index (χ0v) is 19.2. The van der Waals surface area contributed by atoms with Crippen LogP contribution in [0.4, 0.5) is 11.4 Å². The Morgan fingerprint density at radius 3 is 2.44 bits per heavy atom. The van der Waals surface area contributed by atoms with E-state index in [4.69, 9.17) is 0 Å². The summed E-state index contributed by atoms with van der Waals surface area (Å²) in [5.41, 5.74) is 2.11. The predicted octanol–water partition coefficient (Wildman–Crippen LogP) is 3.36. The summed E-state index contributed by atoms with van der Waals surface area (Å²) in [6.07, 6.45) is 0.258. The summed E-state index contributed by atoms with van der Waals surface area (Å²) in [4.78, 5) is 44.5. The lowest BCUT2D eigenvalue weighted by Crippen LogP contribution is -2.52. The van der Waals surface area contributed by atoms with Crippen LogP contribution in [0, 0.1) is 0 Å². The van der Waals surface area contributed by atoms with Gasteiger partial charge in [0.1, 0.15) is 0 Å². The number of carbonyl (C=O) groups excluding carboxylic acids is 3. The molecule has 0 radical (unpaired) electrons. The van der Waals surface area contributed by atoms with Gasteiger partial charge in [0.05, 0.1) is 17.9 Å². The van der Waals surface area contributed by atoms with Gasteiger partial charge in [0.2, 0.25) is 11.8 Å². The third kappa shape index (κ3) is 4.26. The highest BCUT2D eigenvalue weighted by Gasteiger charge is 2.31. The maximum absolute atomic E-state index is 13.3. The van der Waals surface area contributed by atoms with Gasteiger partial charge in [-0.25, -0.2) is 0 Å². The van der Waals surface area contributed by atoms with Crippen molar-refractivity contribution < 1.29 is 14.4 Å². The van der Waals surface area contributed by atoms with Gasteiger partial charge in [-0.1, -0.05) is 48.5 Å². The first-order valence-electron chi connectivity index (χ1n) is 11.7. The summed E-state index contributed by atoms with van der Waals surface area (Å²) >= 11 is 0. The Labute approximate surface area is 198 Å². The van der Waals surface area contributed by atoms with Gasteiger partial charge in [-0.2, -0.15) is 0 Å². The standard InChI is InChI=1S/C27H28N4O3/c1-19-17-25(32)28-23-11-4-5-12-24(23)31(19)26(33)18-29-13-15-30(16-14-29)27(34)22-10-6-8-20-7-2-3-9-21(20)22/h2-12,19H,13-18H2,1H3,(H,28,32)/t19-/m1/s1. The maximum atomic E-state index is 13.3. The molecule has 3 aromatic rings. The van der Waals surface area contributed by atoms with Crippen LogP contribution in [-0.2, 0) is 9.59 Å². The van der Waals surface area contributed by atoms with E-state index >= 15 is 0 Å². The minimum Gasteiger partial charge on any atom is -0.336 e. The number of para-hydroxylation sites is 2. The number of fused-ring (bicyclic) bond motifs is 2. The van der Waals surface area contributed by atoms with Crippen molar-refractivity contribution in [1.29, 1.82) is 0 Å². The van der Waals surface area contributed by atoms with Crippen LogP contribution < -0.4 is 10.2 Å². The number of hydrogen-bond acceptors (Lipinski definition) is 4. The molecular weight excluding hydrogens is 428 g/mol. The van der Waals surface area contributed by atoms with Crippen LogP contribution in [0.15, 0.2) is 66.7 Å². The number of benzene rings is 3. The average molecular weight is 457 g/mol. The van der Waals surface area contributed by atoms with Gasteiger partial charge in [-0.3, -0.25) is 19.3 Å². The van der Waals surface area contributed by atoms with Crippen molar-refractivity contribution in [2.24, 2.45) is 0 Å². The summed E-state index contributed by atoms with van der Waals surface area (Å²) in [6, 6.07) is 20.9. The molecule has 2 aliphatic rings. The molecule has 2 heterocycles. The monoisotopic (exact) mass is 456 g/mol. The molecule has 0 spiro atoms. The van der Waals surface area contributed by atoms with E-state index in [1.807, 2.05) is 78.6 Å². The molecule has 1 N–H and O–H groups in total. The smallest absolute Gasteiger partial charge is 0.254 e. The summed E-state index contributed by atoms with van der Waals surface area (Å²) in [7, 11) is 0. The molecule has 0 saturated carbocycles. The van der Waals surface area contributed by atoms with Gasteiger partial charge < -0.3 is 15.1 Å². The third-order valence-corrected chi connectivity index (χ3v) is 6.67. The Kier molecular flexibility index (Phi) is 6.02. The first kappa shape index (κ1) is 22.1. The highest BCUT2D eigenvalue weighted by molar-refractivity contribution is 6.07. The number of hydrogen-bond donors (Lipinski definition) is 1. The topological polar surface area (TPSA) is 73.0 Å². The van der Waals surface area contributed by atoms with Crippen LogP contribution in [0.5, 0.6) is 0 Å². The van der Waals surface area contributed by atoms with Gasteiger partial charge in [-0.05, 0) is 35.9 Å². The molecule has 1 fully saturated rings. The molecule has 1 saturated heterocycles.